The summed E-state index contributed by atoms with van der Waals surface area (Å²) in [5, 5.41) is 0.957. The summed E-state index contributed by atoms with van der Waals surface area (Å²) in [5.74, 6) is 0.447. The van der Waals surface area contributed by atoms with Gasteiger partial charge in [-0.15, -0.1) is 0 Å². The molecule has 6 heteroatoms. The molecule has 0 aromatic heterocycles. The van der Waals surface area contributed by atoms with E-state index in [-0.39, 0.29) is 5.91 Å². The Balaban J connectivity index is 2.29. The molecule has 1 heterocycles. The highest BCUT2D eigenvalue weighted by Crippen LogP contribution is 2.28. The summed E-state index contributed by atoms with van der Waals surface area (Å²) in [5.41, 5.74) is 1.32. The number of carbonyl (C=O) groups is 1. The van der Waals surface area contributed by atoms with Gasteiger partial charge in [0, 0.05) is 14.1 Å². The SMILES string of the molecule is C=CCOc1ccc(/C=C2/C(=O)N(C)C(=S)N2C)cc1Cl. The van der Waals surface area contributed by atoms with Crippen LogP contribution in [0.25, 0.3) is 6.08 Å². The number of likely N-dealkylation sites (N-methyl/N-ethyl adjacent to an activating group) is 2. The van der Waals surface area contributed by atoms with Crippen molar-refractivity contribution in [1.82, 2.24) is 9.80 Å². The zero-order valence-electron chi connectivity index (χ0n) is 11.8. The number of benzene rings is 1. The normalized spacial score (nSPS) is 16.8. The Morgan fingerprint density at radius 2 is 2.10 bits per heavy atom. The van der Waals surface area contributed by atoms with Crippen LogP contribution in [0.1, 0.15) is 5.56 Å². The lowest BCUT2D eigenvalue weighted by molar-refractivity contribution is -0.121. The molecule has 1 saturated heterocycles. The first-order valence-corrected chi connectivity index (χ1v) is 7.05. The standard InChI is InChI=1S/C15H15ClN2O2S/c1-4-7-20-13-6-5-10(8-11(13)16)9-12-14(19)18(3)15(21)17(12)2/h4-6,8-9H,1,7H2,2-3H3/b12-9-. The highest BCUT2D eigenvalue weighted by molar-refractivity contribution is 7.80. The molecule has 0 radical (unpaired) electrons. The minimum Gasteiger partial charge on any atom is -0.488 e. The monoisotopic (exact) mass is 322 g/mol. The number of hydrogen-bond acceptors (Lipinski definition) is 3. The molecule has 1 aliphatic rings. The second-order valence-electron chi connectivity index (χ2n) is 4.52. The van der Waals surface area contributed by atoms with Crippen molar-refractivity contribution in [2.75, 3.05) is 20.7 Å². The van der Waals surface area contributed by atoms with Gasteiger partial charge in [0.25, 0.3) is 5.91 Å². The van der Waals surface area contributed by atoms with E-state index in [1.54, 1.807) is 43.3 Å². The summed E-state index contributed by atoms with van der Waals surface area (Å²) in [6, 6.07) is 5.34. The van der Waals surface area contributed by atoms with Crippen LogP contribution in [-0.2, 0) is 4.79 Å². The second kappa shape index (κ2) is 6.28. The minimum absolute atomic E-state index is 0.134. The summed E-state index contributed by atoms with van der Waals surface area (Å²) in [4.78, 5) is 15.2. The lowest BCUT2D eigenvalue weighted by atomic mass is 10.1. The third kappa shape index (κ3) is 3.09. The summed E-state index contributed by atoms with van der Waals surface area (Å²) in [6.45, 7) is 3.97. The second-order valence-corrected chi connectivity index (χ2v) is 5.30. The van der Waals surface area contributed by atoms with Gasteiger partial charge >= 0.3 is 0 Å². The lowest BCUT2D eigenvalue weighted by Gasteiger charge is -2.11. The molecule has 0 bridgehead atoms. The molecular formula is C15H15ClN2O2S. The zero-order chi connectivity index (χ0) is 15.6. The highest BCUT2D eigenvalue weighted by atomic mass is 35.5. The van der Waals surface area contributed by atoms with Crippen LogP contribution in [0.2, 0.25) is 5.02 Å². The van der Waals surface area contributed by atoms with Crippen molar-refractivity contribution >= 4 is 40.9 Å². The fourth-order valence-corrected chi connectivity index (χ4v) is 2.34. The number of ether oxygens (including phenoxy) is 1. The predicted octanol–water partition coefficient (Wildman–Crippen LogP) is 2.93. The molecule has 1 fully saturated rings. The molecule has 2 rings (SSSR count). The molecule has 110 valence electrons. The van der Waals surface area contributed by atoms with Crippen LogP contribution in [0, 0.1) is 0 Å². The molecular weight excluding hydrogens is 308 g/mol. The first-order valence-electron chi connectivity index (χ1n) is 6.26. The summed E-state index contributed by atoms with van der Waals surface area (Å²) >= 11 is 11.3. The third-order valence-corrected chi connectivity index (χ3v) is 3.92. The van der Waals surface area contributed by atoms with Crippen LogP contribution in [-0.4, -0.2) is 41.5 Å². The van der Waals surface area contributed by atoms with Crippen molar-refractivity contribution in [2.24, 2.45) is 0 Å². The van der Waals surface area contributed by atoms with Gasteiger partial charge in [-0.2, -0.15) is 0 Å². The van der Waals surface area contributed by atoms with Gasteiger partial charge in [-0.05, 0) is 36.0 Å². The number of nitrogens with zero attached hydrogens (tertiary/aromatic N) is 2. The van der Waals surface area contributed by atoms with Gasteiger partial charge < -0.3 is 9.64 Å². The Morgan fingerprint density at radius 3 is 2.62 bits per heavy atom. The van der Waals surface area contributed by atoms with E-state index in [4.69, 9.17) is 28.6 Å². The van der Waals surface area contributed by atoms with E-state index in [0.29, 0.717) is 28.2 Å². The predicted molar refractivity (Wildman–Crippen MR) is 88.3 cm³/mol. The Bertz CT molecular complexity index is 643. The van der Waals surface area contributed by atoms with Crippen LogP contribution >= 0.6 is 23.8 Å². The smallest absolute Gasteiger partial charge is 0.276 e. The molecule has 0 aliphatic carbocycles. The summed E-state index contributed by atoms with van der Waals surface area (Å²) in [6.07, 6.45) is 3.40. The molecule has 1 amide bonds. The minimum atomic E-state index is -0.134. The van der Waals surface area contributed by atoms with E-state index in [1.807, 2.05) is 6.07 Å². The largest absolute Gasteiger partial charge is 0.488 e. The van der Waals surface area contributed by atoms with E-state index in [9.17, 15) is 4.79 Å². The van der Waals surface area contributed by atoms with Crippen LogP contribution < -0.4 is 4.74 Å². The number of carbonyl (C=O) groups excluding carboxylic acids is 1. The van der Waals surface area contributed by atoms with Gasteiger partial charge in [-0.1, -0.05) is 30.3 Å². The van der Waals surface area contributed by atoms with Gasteiger partial charge in [-0.25, -0.2) is 0 Å². The Morgan fingerprint density at radius 1 is 1.38 bits per heavy atom. The van der Waals surface area contributed by atoms with Crippen molar-refractivity contribution in [3.05, 3.63) is 47.1 Å². The zero-order valence-corrected chi connectivity index (χ0v) is 13.4. The average Bonchev–Trinajstić information content (AvgIpc) is 2.64. The topological polar surface area (TPSA) is 32.8 Å². The first kappa shape index (κ1) is 15.5. The molecule has 1 aromatic carbocycles. The Labute approximate surface area is 134 Å². The molecule has 4 nitrogen and oxygen atoms in total. The third-order valence-electron chi connectivity index (χ3n) is 3.07. The molecule has 0 atom stereocenters. The Hall–Kier alpha value is -1.85. The van der Waals surface area contributed by atoms with Gasteiger partial charge in [0.1, 0.15) is 18.1 Å². The van der Waals surface area contributed by atoms with Crippen LogP contribution in [0.3, 0.4) is 0 Å². The summed E-state index contributed by atoms with van der Waals surface area (Å²) < 4.78 is 5.41. The fraction of sp³-hybridized carbons (Fsp3) is 0.200. The first-order chi connectivity index (χ1) is 9.95. The van der Waals surface area contributed by atoms with Gasteiger partial charge in [0.05, 0.1) is 5.02 Å². The van der Waals surface area contributed by atoms with E-state index in [1.165, 1.54) is 4.90 Å². The van der Waals surface area contributed by atoms with Gasteiger partial charge in [0.15, 0.2) is 5.11 Å². The van der Waals surface area contributed by atoms with E-state index < -0.39 is 0 Å². The molecule has 0 N–H and O–H groups in total. The molecule has 0 saturated carbocycles. The molecule has 0 spiro atoms. The number of rotatable bonds is 4. The molecule has 21 heavy (non-hydrogen) atoms. The number of amides is 1. The van der Waals surface area contributed by atoms with E-state index >= 15 is 0 Å². The fourth-order valence-electron chi connectivity index (χ4n) is 1.92. The van der Waals surface area contributed by atoms with Crippen molar-refractivity contribution < 1.29 is 9.53 Å². The maximum Gasteiger partial charge on any atom is 0.276 e. The van der Waals surface area contributed by atoms with E-state index in [2.05, 4.69) is 6.58 Å². The summed E-state index contributed by atoms with van der Waals surface area (Å²) in [7, 11) is 3.42. The lowest BCUT2D eigenvalue weighted by Crippen LogP contribution is -2.26. The van der Waals surface area contributed by atoms with Crippen molar-refractivity contribution in [3.63, 3.8) is 0 Å². The molecule has 0 unspecified atom stereocenters. The molecule has 1 aliphatic heterocycles. The quantitative estimate of drug-likeness (QED) is 0.485. The maximum atomic E-state index is 12.1. The Kier molecular flexibility index (Phi) is 4.65. The van der Waals surface area contributed by atoms with Crippen LogP contribution in [0.4, 0.5) is 0 Å². The molecule has 1 aromatic rings. The van der Waals surface area contributed by atoms with Crippen molar-refractivity contribution in [1.29, 1.82) is 0 Å². The van der Waals surface area contributed by atoms with Crippen LogP contribution in [0.15, 0.2) is 36.6 Å². The number of hydrogen-bond donors (Lipinski definition) is 0. The van der Waals surface area contributed by atoms with Gasteiger partial charge in [-0.3, -0.25) is 9.69 Å². The van der Waals surface area contributed by atoms with Gasteiger partial charge in [0.2, 0.25) is 0 Å². The average molecular weight is 323 g/mol. The van der Waals surface area contributed by atoms with Crippen LogP contribution in [0.5, 0.6) is 5.75 Å². The number of halogens is 1. The van der Waals surface area contributed by atoms with Crippen molar-refractivity contribution in [3.8, 4) is 5.75 Å². The highest BCUT2D eigenvalue weighted by Gasteiger charge is 2.32. The van der Waals surface area contributed by atoms with E-state index in [0.717, 1.165) is 5.56 Å². The number of thiocarbonyl (C=S) groups is 1. The maximum absolute atomic E-state index is 12.1. The van der Waals surface area contributed by atoms with Crippen molar-refractivity contribution in [2.45, 2.75) is 0 Å².